The van der Waals surface area contributed by atoms with Gasteiger partial charge in [-0.3, -0.25) is 19.9 Å². The van der Waals surface area contributed by atoms with Crippen molar-refractivity contribution in [3.63, 3.8) is 0 Å². The maximum Gasteiger partial charge on any atom is 0.338 e. The Kier molecular flexibility index (Phi) is 7.72. The summed E-state index contributed by atoms with van der Waals surface area (Å²) in [4.78, 5) is 39.2. The van der Waals surface area contributed by atoms with Gasteiger partial charge in [0.25, 0.3) is 11.6 Å². The molecule has 2 aromatic carbocycles. The van der Waals surface area contributed by atoms with Crippen molar-refractivity contribution in [2.24, 2.45) is 4.99 Å². The molecule has 3 rings (SSSR count). The number of hydrogen-bond donors (Lipinski definition) is 1. The fraction of sp³-hybridized carbons (Fsp3) is 0.211. The van der Waals surface area contributed by atoms with Crippen molar-refractivity contribution >= 4 is 62.8 Å². The smallest absolute Gasteiger partial charge is 0.338 e. The number of carbonyl (C=O) groups excluding carboxylic acids is 2. The summed E-state index contributed by atoms with van der Waals surface area (Å²) in [6, 6.07) is 10.9. The number of ether oxygens (including phenoxy) is 1. The number of aliphatic imine (C=N–C) groups is 1. The zero-order valence-corrected chi connectivity index (χ0v) is 17.9. The maximum atomic E-state index is 12.5. The maximum absolute atomic E-state index is 12.5. The van der Waals surface area contributed by atoms with Crippen LogP contribution in [0, 0.1) is 10.1 Å². The number of thioether (sulfide) groups is 2. The van der Waals surface area contributed by atoms with E-state index in [9.17, 15) is 19.7 Å². The Labute approximate surface area is 185 Å². The lowest BCUT2D eigenvalue weighted by atomic mass is 10.1. The predicted molar refractivity (Wildman–Crippen MR) is 120 cm³/mol. The molecule has 0 atom stereocenters. The summed E-state index contributed by atoms with van der Waals surface area (Å²) in [6.45, 7) is 0.280. The number of nitrogens with one attached hydrogen (secondary N) is 1. The highest BCUT2D eigenvalue weighted by Gasteiger charge is 2.17. The predicted octanol–water partition coefficient (Wildman–Crippen LogP) is 4.38. The summed E-state index contributed by atoms with van der Waals surface area (Å²) in [5, 5.41) is 13.3. The number of halogens is 1. The number of nitro groups is 1. The van der Waals surface area contributed by atoms with Gasteiger partial charge in [0.05, 0.1) is 17.0 Å². The van der Waals surface area contributed by atoms with Crippen LogP contribution < -0.4 is 5.32 Å². The fourth-order valence-corrected chi connectivity index (χ4v) is 4.72. The van der Waals surface area contributed by atoms with Crippen LogP contribution in [-0.4, -0.2) is 40.1 Å². The van der Waals surface area contributed by atoms with Crippen molar-refractivity contribution in [2.45, 2.75) is 5.75 Å². The average molecular weight is 466 g/mol. The van der Waals surface area contributed by atoms with Crippen LogP contribution in [0.3, 0.4) is 0 Å². The third-order valence-corrected chi connectivity index (χ3v) is 6.53. The molecule has 0 radical (unpaired) electrons. The fourth-order valence-electron chi connectivity index (χ4n) is 2.52. The topological polar surface area (TPSA) is 111 Å². The number of benzene rings is 2. The van der Waals surface area contributed by atoms with Gasteiger partial charge >= 0.3 is 5.97 Å². The molecular weight excluding hydrogens is 450 g/mol. The molecule has 1 aliphatic rings. The van der Waals surface area contributed by atoms with E-state index in [1.807, 2.05) is 12.1 Å². The highest BCUT2D eigenvalue weighted by Crippen LogP contribution is 2.28. The minimum Gasteiger partial charge on any atom is -0.452 e. The number of amides is 1. The van der Waals surface area contributed by atoms with Crippen molar-refractivity contribution in [2.75, 3.05) is 24.2 Å². The monoisotopic (exact) mass is 465 g/mol. The van der Waals surface area contributed by atoms with Crippen molar-refractivity contribution in [1.29, 1.82) is 0 Å². The summed E-state index contributed by atoms with van der Waals surface area (Å²) >= 11 is 8.99. The Balaban J connectivity index is 1.57. The number of rotatable bonds is 7. The molecule has 1 N–H and O–H groups in total. The van der Waals surface area contributed by atoms with Crippen LogP contribution in [0.15, 0.2) is 47.5 Å². The number of carbonyl (C=O) groups is 2. The molecule has 0 spiro atoms. The van der Waals surface area contributed by atoms with Gasteiger partial charge in [-0.15, -0.1) is 0 Å². The molecule has 0 aromatic heterocycles. The van der Waals surface area contributed by atoms with Gasteiger partial charge in [0.2, 0.25) is 0 Å². The Morgan fingerprint density at radius 1 is 1.30 bits per heavy atom. The van der Waals surface area contributed by atoms with E-state index in [0.29, 0.717) is 11.3 Å². The highest BCUT2D eigenvalue weighted by atomic mass is 35.5. The van der Waals surface area contributed by atoms with Crippen molar-refractivity contribution in [3.8, 4) is 0 Å². The molecule has 1 amide bonds. The summed E-state index contributed by atoms with van der Waals surface area (Å²) in [5.41, 5.74) is 1.02. The molecule has 1 heterocycles. The summed E-state index contributed by atoms with van der Waals surface area (Å²) in [6.07, 6.45) is 0. The van der Waals surface area contributed by atoms with E-state index in [4.69, 9.17) is 16.3 Å². The van der Waals surface area contributed by atoms with E-state index < -0.39 is 23.4 Å². The number of nitrogens with zero attached hydrogens (tertiary/aromatic N) is 2. The van der Waals surface area contributed by atoms with Crippen LogP contribution in [0.5, 0.6) is 0 Å². The van der Waals surface area contributed by atoms with Crippen molar-refractivity contribution < 1.29 is 19.2 Å². The Morgan fingerprint density at radius 2 is 2.10 bits per heavy atom. The first-order valence-electron chi connectivity index (χ1n) is 8.73. The minimum atomic E-state index is -0.650. The lowest BCUT2D eigenvalue weighted by Crippen LogP contribution is -2.21. The molecule has 2 aromatic rings. The number of esters is 1. The van der Waals surface area contributed by atoms with Crippen molar-refractivity contribution in [1.82, 2.24) is 0 Å². The minimum absolute atomic E-state index is 0.0409. The molecule has 11 heteroatoms. The normalized spacial score (nSPS) is 12.9. The van der Waals surface area contributed by atoms with Crippen LogP contribution in [0.4, 0.5) is 11.4 Å². The summed E-state index contributed by atoms with van der Waals surface area (Å²) in [7, 11) is 0. The van der Waals surface area contributed by atoms with Gasteiger partial charge in [-0.05, 0) is 23.8 Å². The van der Waals surface area contributed by atoms with Crippen LogP contribution in [0.2, 0.25) is 5.02 Å². The van der Waals surface area contributed by atoms with E-state index in [2.05, 4.69) is 10.3 Å². The summed E-state index contributed by atoms with van der Waals surface area (Å²) < 4.78 is 6.12. The van der Waals surface area contributed by atoms with E-state index in [0.717, 1.165) is 28.3 Å². The van der Waals surface area contributed by atoms with Crippen LogP contribution in [-0.2, 0) is 15.3 Å². The van der Waals surface area contributed by atoms with Crippen LogP contribution in [0.25, 0.3) is 0 Å². The second kappa shape index (κ2) is 10.5. The molecule has 30 heavy (non-hydrogen) atoms. The Morgan fingerprint density at radius 3 is 2.83 bits per heavy atom. The third-order valence-electron chi connectivity index (χ3n) is 3.91. The first kappa shape index (κ1) is 22.1. The molecule has 1 aliphatic heterocycles. The molecule has 0 fully saturated rings. The van der Waals surface area contributed by atoms with Gasteiger partial charge in [0.1, 0.15) is 9.40 Å². The van der Waals surface area contributed by atoms with Gasteiger partial charge in [0.15, 0.2) is 6.61 Å². The molecule has 156 valence electrons. The number of nitro benzene ring substituents is 1. The largest absolute Gasteiger partial charge is 0.452 e. The molecule has 0 bridgehead atoms. The van der Waals surface area contributed by atoms with Crippen LogP contribution in [0.1, 0.15) is 15.9 Å². The van der Waals surface area contributed by atoms with E-state index in [1.54, 1.807) is 35.7 Å². The zero-order valence-electron chi connectivity index (χ0n) is 15.5. The molecular formula is C19H16ClN3O5S2. The molecule has 0 saturated heterocycles. The lowest BCUT2D eigenvalue weighted by Gasteiger charge is -2.10. The van der Waals surface area contributed by atoms with E-state index in [-0.39, 0.29) is 16.4 Å². The zero-order chi connectivity index (χ0) is 21.5. The third kappa shape index (κ3) is 5.97. The van der Waals surface area contributed by atoms with Crippen LogP contribution >= 0.6 is 35.1 Å². The second-order valence-corrected chi connectivity index (χ2v) is 8.70. The van der Waals surface area contributed by atoms with E-state index in [1.165, 1.54) is 12.1 Å². The average Bonchev–Trinajstić information content (AvgIpc) is 3.25. The standard InChI is InChI=1S/C19H16ClN3O5S2/c20-15-6-5-13(9-16(15)23(26)27)22-17(24)10-28-18(25)14-4-2-1-3-12(14)11-30-19-21-7-8-29-19/h1-6,9H,7-8,10-11H2,(H,22,24). The van der Waals surface area contributed by atoms with E-state index >= 15 is 0 Å². The van der Waals surface area contributed by atoms with Gasteiger partial charge in [-0.25, -0.2) is 4.79 Å². The quantitative estimate of drug-likeness (QED) is 0.367. The Hall–Kier alpha value is -2.56. The second-order valence-electron chi connectivity index (χ2n) is 5.99. The van der Waals surface area contributed by atoms with Crippen molar-refractivity contribution in [3.05, 3.63) is 68.7 Å². The number of hydrogen-bond acceptors (Lipinski definition) is 8. The first-order valence-corrected chi connectivity index (χ1v) is 11.1. The number of anilines is 1. The SMILES string of the molecule is O=C(COC(=O)c1ccccc1CSC1=NCCS1)Nc1ccc(Cl)c([N+](=O)[O-])c1. The molecule has 0 saturated carbocycles. The van der Waals surface area contributed by atoms with Gasteiger partial charge < -0.3 is 10.1 Å². The molecule has 0 unspecified atom stereocenters. The van der Waals surface area contributed by atoms with Gasteiger partial charge in [0, 0.05) is 23.3 Å². The lowest BCUT2D eigenvalue weighted by molar-refractivity contribution is -0.384. The summed E-state index contributed by atoms with van der Waals surface area (Å²) in [5.74, 6) is 0.295. The van der Waals surface area contributed by atoms with Gasteiger partial charge in [-0.2, -0.15) is 0 Å². The van der Waals surface area contributed by atoms with Gasteiger partial charge in [-0.1, -0.05) is 53.3 Å². The molecule has 8 nitrogen and oxygen atoms in total. The highest BCUT2D eigenvalue weighted by molar-refractivity contribution is 8.38. The molecule has 0 aliphatic carbocycles. The first-order chi connectivity index (χ1) is 14.4. The Bertz CT molecular complexity index is 1020.